The predicted octanol–water partition coefficient (Wildman–Crippen LogP) is 5.23. The van der Waals surface area contributed by atoms with Gasteiger partial charge in [-0.2, -0.15) is 10.1 Å². The van der Waals surface area contributed by atoms with Crippen molar-refractivity contribution in [3.63, 3.8) is 0 Å². The summed E-state index contributed by atoms with van der Waals surface area (Å²) < 4.78 is 7.02. The summed E-state index contributed by atoms with van der Waals surface area (Å²) in [5, 5.41) is 12.5. The molecule has 8 heteroatoms. The molecule has 1 aromatic carbocycles. The molecule has 0 aliphatic rings. The largest absolute Gasteiger partial charge is 0.339 e. The summed E-state index contributed by atoms with van der Waals surface area (Å²) >= 11 is 0. The van der Waals surface area contributed by atoms with Crippen molar-refractivity contribution in [2.45, 2.75) is 59.9 Å². The molecule has 0 aliphatic heterocycles. The number of pyridine rings is 1. The smallest absolute Gasteiger partial charge is 0.256 e. The van der Waals surface area contributed by atoms with Crippen LogP contribution >= 0.6 is 0 Å². The van der Waals surface area contributed by atoms with E-state index in [0.717, 1.165) is 16.8 Å². The first-order valence-electron chi connectivity index (χ1n) is 10.7. The minimum atomic E-state index is -0.272. The third-order valence-corrected chi connectivity index (χ3v) is 5.25. The number of fused-ring (bicyclic) bond motifs is 1. The molecular formula is C24H28N6O2. The number of aromatic nitrogens is 5. The summed E-state index contributed by atoms with van der Waals surface area (Å²) in [6, 6.07) is 9.27. The van der Waals surface area contributed by atoms with Crippen molar-refractivity contribution >= 4 is 22.6 Å². The number of rotatable bonds is 4. The Morgan fingerprint density at radius 3 is 2.47 bits per heavy atom. The standard InChI is InChI=1S/C24H28N6O2/c1-13(2)19-12-17(20-14(3)28-30(22(20)26-19)24(5,6)7)23(31)27-18-11-9-8-10-16(18)21-25-15(4)32-29-21/h8-13H,1-7H3,(H,27,31). The van der Waals surface area contributed by atoms with Crippen LogP contribution in [-0.2, 0) is 5.54 Å². The van der Waals surface area contributed by atoms with Crippen LogP contribution in [0.5, 0.6) is 0 Å². The molecule has 3 aromatic heterocycles. The van der Waals surface area contributed by atoms with E-state index in [4.69, 9.17) is 14.6 Å². The number of hydrogen-bond acceptors (Lipinski definition) is 6. The number of amides is 1. The van der Waals surface area contributed by atoms with Crippen molar-refractivity contribution in [2.24, 2.45) is 0 Å². The van der Waals surface area contributed by atoms with E-state index in [2.05, 4.69) is 50.1 Å². The van der Waals surface area contributed by atoms with Gasteiger partial charge in [0.1, 0.15) is 0 Å². The predicted molar refractivity (Wildman–Crippen MR) is 124 cm³/mol. The van der Waals surface area contributed by atoms with Crippen LogP contribution < -0.4 is 5.32 Å². The molecule has 0 fully saturated rings. The van der Waals surface area contributed by atoms with Crippen molar-refractivity contribution < 1.29 is 9.32 Å². The molecule has 0 aliphatic carbocycles. The second kappa shape index (κ2) is 7.85. The van der Waals surface area contributed by atoms with E-state index in [1.54, 1.807) is 6.92 Å². The Kier molecular flexibility index (Phi) is 5.32. The number of para-hydroxylation sites is 1. The summed E-state index contributed by atoms with van der Waals surface area (Å²) in [5.74, 6) is 0.814. The van der Waals surface area contributed by atoms with Crippen LogP contribution in [0.15, 0.2) is 34.9 Å². The Morgan fingerprint density at radius 1 is 1.12 bits per heavy atom. The summed E-state index contributed by atoms with van der Waals surface area (Å²) in [7, 11) is 0. The lowest BCUT2D eigenvalue weighted by Gasteiger charge is -2.20. The SMILES string of the molecule is Cc1nc(-c2ccccc2NC(=O)c2cc(C(C)C)nc3c2c(C)nn3C(C)(C)C)no1. The highest BCUT2D eigenvalue weighted by Crippen LogP contribution is 2.31. The maximum Gasteiger partial charge on any atom is 0.256 e. The Labute approximate surface area is 187 Å². The van der Waals surface area contributed by atoms with E-state index >= 15 is 0 Å². The first kappa shape index (κ1) is 21.7. The number of anilines is 1. The normalized spacial score (nSPS) is 12.0. The average Bonchev–Trinajstić information content (AvgIpc) is 3.31. The van der Waals surface area contributed by atoms with E-state index in [9.17, 15) is 4.79 Å². The zero-order valence-corrected chi connectivity index (χ0v) is 19.5. The Morgan fingerprint density at radius 2 is 1.84 bits per heavy atom. The number of nitrogens with zero attached hydrogens (tertiary/aromatic N) is 5. The lowest BCUT2D eigenvalue weighted by Crippen LogP contribution is -2.24. The number of nitrogens with one attached hydrogen (secondary N) is 1. The second-order valence-corrected chi connectivity index (χ2v) is 9.25. The van der Waals surface area contributed by atoms with Gasteiger partial charge in [-0.25, -0.2) is 9.67 Å². The summed E-state index contributed by atoms with van der Waals surface area (Å²) in [6.07, 6.45) is 0. The molecule has 0 bridgehead atoms. The van der Waals surface area contributed by atoms with Crippen molar-refractivity contribution in [1.29, 1.82) is 0 Å². The molecule has 0 saturated heterocycles. The minimum Gasteiger partial charge on any atom is -0.339 e. The van der Waals surface area contributed by atoms with Crippen molar-refractivity contribution in [2.75, 3.05) is 5.32 Å². The van der Waals surface area contributed by atoms with Crippen LogP contribution in [0.25, 0.3) is 22.4 Å². The minimum absolute atomic E-state index is 0.157. The van der Waals surface area contributed by atoms with Gasteiger partial charge in [-0.05, 0) is 51.8 Å². The zero-order valence-electron chi connectivity index (χ0n) is 19.5. The van der Waals surface area contributed by atoms with Crippen LogP contribution in [0.2, 0.25) is 0 Å². The first-order chi connectivity index (χ1) is 15.1. The Bertz CT molecular complexity index is 1310. The van der Waals surface area contributed by atoms with E-state index in [1.165, 1.54) is 0 Å². The number of hydrogen-bond donors (Lipinski definition) is 1. The lowest BCUT2D eigenvalue weighted by molar-refractivity contribution is 0.102. The summed E-state index contributed by atoms with van der Waals surface area (Å²) in [5.41, 5.74) is 3.90. The van der Waals surface area contributed by atoms with Gasteiger partial charge in [0.2, 0.25) is 11.7 Å². The number of benzene rings is 1. The van der Waals surface area contributed by atoms with Crippen LogP contribution in [0.4, 0.5) is 5.69 Å². The fraction of sp³-hybridized carbons (Fsp3) is 0.375. The van der Waals surface area contributed by atoms with Gasteiger partial charge < -0.3 is 9.84 Å². The third-order valence-electron chi connectivity index (χ3n) is 5.25. The second-order valence-electron chi connectivity index (χ2n) is 9.25. The molecule has 0 radical (unpaired) electrons. The van der Waals surface area contributed by atoms with E-state index in [0.29, 0.717) is 34.2 Å². The molecule has 0 unspecified atom stereocenters. The molecule has 0 spiro atoms. The quantitative estimate of drug-likeness (QED) is 0.474. The maximum atomic E-state index is 13.6. The fourth-order valence-electron chi connectivity index (χ4n) is 3.64. The van der Waals surface area contributed by atoms with Gasteiger partial charge in [-0.3, -0.25) is 4.79 Å². The summed E-state index contributed by atoms with van der Waals surface area (Å²) in [4.78, 5) is 22.7. The number of carbonyl (C=O) groups excluding carboxylic acids is 1. The van der Waals surface area contributed by atoms with Crippen molar-refractivity contribution in [1.82, 2.24) is 24.9 Å². The molecule has 0 saturated carbocycles. The third kappa shape index (κ3) is 3.88. The lowest BCUT2D eigenvalue weighted by atomic mass is 10.0. The Balaban J connectivity index is 1.84. The van der Waals surface area contributed by atoms with Gasteiger partial charge >= 0.3 is 0 Å². The maximum absolute atomic E-state index is 13.6. The van der Waals surface area contributed by atoms with Gasteiger partial charge in [0.05, 0.1) is 27.9 Å². The van der Waals surface area contributed by atoms with Crippen LogP contribution in [0.3, 0.4) is 0 Å². The molecule has 4 aromatic rings. The van der Waals surface area contributed by atoms with Crippen molar-refractivity contribution in [3.8, 4) is 11.4 Å². The molecule has 0 atom stereocenters. The van der Waals surface area contributed by atoms with Gasteiger partial charge in [0, 0.05) is 18.2 Å². The zero-order chi connectivity index (χ0) is 23.2. The highest BCUT2D eigenvalue weighted by molar-refractivity contribution is 6.13. The molecular weight excluding hydrogens is 404 g/mol. The van der Waals surface area contributed by atoms with Crippen LogP contribution in [0.1, 0.15) is 68.2 Å². The van der Waals surface area contributed by atoms with E-state index in [1.807, 2.05) is 41.9 Å². The molecule has 3 heterocycles. The van der Waals surface area contributed by atoms with Gasteiger partial charge in [-0.15, -0.1) is 0 Å². The molecule has 4 rings (SSSR count). The number of carbonyl (C=O) groups is 1. The molecule has 1 amide bonds. The highest BCUT2D eigenvalue weighted by atomic mass is 16.5. The van der Waals surface area contributed by atoms with Crippen molar-refractivity contribution in [3.05, 3.63) is 53.2 Å². The first-order valence-corrected chi connectivity index (χ1v) is 10.7. The van der Waals surface area contributed by atoms with Gasteiger partial charge in [0.15, 0.2) is 5.65 Å². The highest BCUT2D eigenvalue weighted by Gasteiger charge is 2.25. The monoisotopic (exact) mass is 432 g/mol. The van der Waals surface area contributed by atoms with E-state index in [-0.39, 0.29) is 17.4 Å². The van der Waals surface area contributed by atoms with Gasteiger partial charge in [-0.1, -0.05) is 31.1 Å². The van der Waals surface area contributed by atoms with Crippen LogP contribution in [-0.4, -0.2) is 30.8 Å². The molecule has 1 N–H and O–H groups in total. The van der Waals surface area contributed by atoms with Gasteiger partial charge in [0.25, 0.3) is 5.91 Å². The summed E-state index contributed by atoms with van der Waals surface area (Å²) in [6.45, 7) is 14.0. The molecule has 32 heavy (non-hydrogen) atoms. The Hall–Kier alpha value is -3.55. The van der Waals surface area contributed by atoms with Crippen LogP contribution in [0, 0.1) is 13.8 Å². The average molecular weight is 433 g/mol. The molecule has 166 valence electrons. The number of aryl methyl sites for hydroxylation is 2. The fourth-order valence-corrected chi connectivity index (χ4v) is 3.64. The van der Waals surface area contributed by atoms with E-state index < -0.39 is 0 Å². The topological polar surface area (TPSA) is 98.7 Å². The molecule has 8 nitrogen and oxygen atoms in total.